The van der Waals surface area contributed by atoms with Crippen LogP contribution in [0.25, 0.3) is 0 Å². The number of carbonyl (C=O) groups excluding carboxylic acids is 2. The normalized spacial score (nSPS) is 32.5. The number of ether oxygens (including phenoxy) is 2. The zero-order chi connectivity index (χ0) is 32.9. The van der Waals surface area contributed by atoms with Crippen LogP contribution >= 0.6 is 0 Å². The quantitative estimate of drug-likeness (QED) is 0.214. The first kappa shape index (κ1) is 33.4. The van der Waals surface area contributed by atoms with E-state index in [0.717, 1.165) is 36.7 Å². The lowest BCUT2D eigenvalue weighted by atomic mass is 9.53. The summed E-state index contributed by atoms with van der Waals surface area (Å²) in [6, 6.07) is 6.90. The van der Waals surface area contributed by atoms with Crippen molar-refractivity contribution in [2.75, 3.05) is 7.11 Å². The summed E-state index contributed by atoms with van der Waals surface area (Å²) in [5.41, 5.74) is -1.00. The van der Waals surface area contributed by atoms with Crippen molar-refractivity contribution in [1.82, 2.24) is 0 Å². The third-order valence-corrected chi connectivity index (χ3v) is 11.7. The zero-order valence-corrected chi connectivity index (χ0v) is 27.5. The van der Waals surface area contributed by atoms with Crippen LogP contribution in [0.2, 0.25) is 0 Å². The van der Waals surface area contributed by atoms with Crippen molar-refractivity contribution in [1.29, 1.82) is 0 Å². The molecule has 0 N–H and O–H groups in total. The van der Waals surface area contributed by atoms with Crippen molar-refractivity contribution < 1.29 is 32.2 Å². The van der Waals surface area contributed by atoms with Gasteiger partial charge in [0.2, 0.25) is 0 Å². The van der Waals surface area contributed by atoms with Gasteiger partial charge in [0.25, 0.3) is 5.60 Å². The summed E-state index contributed by atoms with van der Waals surface area (Å²) in [6.45, 7) is 13.4. The molecule has 1 aromatic rings. The van der Waals surface area contributed by atoms with Crippen LogP contribution in [0, 0.1) is 40.4 Å². The molecule has 4 nitrogen and oxygen atoms in total. The van der Waals surface area contributed by atoms with E-state index < -0.39 is 23.9 Å². The molecule has 1 fully saturated rings. The first-order valence-corrected chi connectivity index (χ1v) is 16.3. The van der Waals surface area contributed by atoms with Gasteiger partial charge in [-0.3, -0.25) is 4.79 Å². The number of ketones is 1. The molecule has 0 amide bonds. The molecule has 0 spiro atoms. The van der Waals surface area contributed by atoms with E-state index in [1.807, 2.05) is 6.08 Å². The predicted molar refractivity (Wildman–Crippen MR) is 169 cm³/mol. The van der Waals surface area contributed by atoms with Crippen LogP contribution in [0.15, 0.2) is 77.4 Å². The van der Waals surface area contributed by atoms with Gasteiger partial charge in [0.05, 0.1) is 0 Å². The van der Waals surface area contributed by atoms with Gasteiger partial charge in [-0.15, -0.1) is 0 Å². The van der Waals surface area contributed by atoms with Crippen molar-refractivity contribution in [3.8, 4) is 0 Å². The molecule has 0 heterocycles. The Morgan fingerprint density at radius 3 is 2.27 bits per heavy atom. The van der Waals surface area contributed by atoms with Gasteiger partial charge >= 0.3 is 12.1 Å². The summed E-state index contributed by atoms with van der Waals surface area (Å²) in [7, 11) is 0.881. The molecule has 7 heteroatoms. The Bertz CT molecular complexity index is 1440. The van der Waals surface area contributed by atoms with Crippen LogP contribution in [-0.2, 0) is 24.7 Å². The molecular formula is C38H47F3O4. The molecule has 0 unspecified atom stereocenters. The SMILES string of the molecule is CO[C@](C(=O)O[C@@H]1C=C2C=CC3=C4C(=O)C[C@H]([C@H](C)/C=C/[C@H](C)C(C)C)[C@@]4(C)CC[C@@H]3[C@@]2(C)CC1)(c1ccccc1)C(F)(F)F. The highest BCUT2D eigenvalue weighted by atomic mass is 19.4. The average Bonchev–Trinajstić information content (AvgIpc) is 3.26. The van der Waals surface area contributed by atoms with E-state index in [9.17, 15) is 22.8 Å². The molecule has 0 bridgehead atoms. The number of rotatable bonds is 8. The Morgan fingerprint density at radius 1 is 0.978 bits per heavy atom. The number of carbonyl (C=O) groups is 2. The summed E-state index contributed by atoms with van der Waals surface area (Å²) in [6.07, 6.45) is 8.01. The number of methoxy groups -OCH3 is 1. The third kappa shape index (κ3) is 5.47. The van der Waals surface area contributed by atoms with E-state index in [1.165, 1.54) is 24.3 Å². The number of hydrogen-bond acceptors (Lipinski definition) is 4. The zero-order valence-electron chi connectivity index (χ0n) is 27.5. The fourth-order valence-electron chi connectivity index (χ4n) is 8.50. The Hall–Kier alpha value is -2.93. The summed E-state index contributed by atoms with van der Waals surface area (Å²) >= 11 is 0. The van der Waals surface area contributed by atoms with E-state index in [2.05, 4.69) is 59.8 Å². The Kier molecular flexibility index (Phi) is 8.93. The molecule has 4 aliphatic carbocycles. The highest BCUT2D eigenvalue weighted by Crippen LogP contribution is 2.63. The molecule has 1 aromatic carbocycles. The maximum atomic E-state index is 14.4. The fraction of sp³-hybridized carbons (Fsp3) is 0.579. The minimum absolute atomic E-state index is 0.126. The molecule has 0 saturated heterocycles. The van der Waals surface area contributed by atoms with Gasteiger partial charge in [-0.1, -0.05) is 96.2 Å². The molecule has 4 aliphatic rings. The van der Waals surface area contributed by atoms with Crippen molar-refractivity contribution in [2.45, 2.75) is 91.5 Å². The van der Waals surface area contributed by atoms with E-state index >= 15 is 0 Å². The molecule has 0 radical (unpaired) electrons. The van der Waals surface area contributed by atoms with E-state index in [4.69, 9.17) is 9.47 Å². The maximum absolute atomic E-state index is 14.4. The van der Waals surface area contributed by atoms with Gasteiger partial charge < -0.3 is 9.47 Å². The van der Waals surface area contributed by atoms with Crippen molar-refractivity contribution in [3.05, 3.63) is 83.0 Å². The van der Waals surface area contributed by atoms with Crippen molar-refractivity contribution in [2.24, 2.45) is 40.4 Å². The Balaban J connectivity index is 1.43. The summed E-state index contributed by atoms with van der Waals surface area (Å²) in [5, 5.41) is 0. The lowest BCUT2D eigenvalue weighted by Crippen LogP contribution is -2.52. The number of halogens is 3. The summed E-state index contributed by atoms with van der Waals surface area (Å²) in [4.78, 5) is 27.0. The second-order valence-corrected chi connectivity index (χ2v) is 14.5. The second-order valence-electron chi connectivity index (χ2n) is 14.5. The highest BCUT2D eigenvalue weighted by molar-refractivity contribution is 6.01. The van der Waals surface area contributed by atoms with Gasteiger partial charge in [-0.2, -0.15) is 13.2 Å². The second kappa shape index (κ2) is 12.0. The third-order valence-electron chi connectivity index (χ3n) is 11.7. The molecule has 1 saturated carbocycles. The average molecular weight is 625 g/mol. The minimum Gasteiger partial charge on any atom is -0.455 e. The molecule has 0 aromatic heterocycles. The van der Waals surface area contributed by atoms with Gasteiger partial charge in [0.1, 0.15) is 6.10 Å². The van der Waals surface area contributed by atoms with E-state index in [1.54, 1.807) is 12.1 Å². The van der Waals surface area contributed by atoms with Crippen LogP contribution in [-0.4, -0.2) is 31.1 Å². The number of esters is 1. The predicted octanol–water partition coefficient (Wildman–Crippen LogP) is 9.09. The first-order chi connectivity index (χ1) is 21.1. The van der Waals surface area contributed by atoms with Crippen molar-refractivity contribution >= 4 is 11.8 Å². The van der Waals surface area contributed by atoms with Gasteiger partial charge in [-0.05, 0) is 77.9 Å². The number of benzene rings is 1. The minimum atomic E-state index is -5.03. The Labute approximate surface area is 265 Å². The van der Waals surface area contributed by atoms with E-state index in [0.29, 0.717) is 31.1 Å². The van der Waals surface area contributed by atoms with Gasteiger partial charge in [0, 0.05) is 30.1 Å². The standard InChI is InChI=1S/C38H47F3O4/c1-23(2)24(3)13-14-25(4)31-22-32(42)33-29-16-15-27-21-28(17-19-35(27,5)30(29)18-20-36(31,33)6)45-34(43)37(44-7,38(39,40)41)26-11-9-8-10-12-26/h8-16,21,23-25,28,30-31H,17-20,22H2,1-7H3/b14-13+/t24-,25+,28-,30-,31+,35-,36+,37-/m0/s1. The monoisotopic (exact) mass is 624 g/mol. The molecule has 5 rings (SSSR count). The summed E-state index contributed by atoms with van der Waals surface area (Å²) < 4.78 is 53.9. The van der Waals surface area contributed by atoms with Crippen LogP contribution in [0.4, 0.5) is 13.2 Å². The Morgan fingerprint density at radius 2 is 1.64 bits per heavy atom. The van der Waals surface area contributed by atoms with Gasteiger partial charge in [-0.25, -0.2) is 4.79 Å². The topological polar surface area (TPSA) is 52.6 Å². The van der Waals surface area contributed by atoms with Crippen LogP contribution in [0.5, 0.6) is 0 Å². The molecule has 8 atom stereocenters. The molecule has 45 heavy (non-hydrogen) atoms. The van der Waals surface area contributed by atoms with Crippen molar-refractivity contribution in [3.63, 3.8) is 0 Å². The first-order valence-electron chi connectivity index (χ1n) is 16.3. The number of fused-ring (bicyclic) bond motifs is 4. The molecular weight excluding hydrogens is 577 g/mol. The van der Waals surface area contributed by atoms with E-state index in [-0.39, 0.29) is 39.9 Å². The smallest absolute Gasteiger partial charge is 0.432 e. The maximum Gasteiger partial charge on any atom is 0.432 e. The fourth-order valence-corrected chi connectivity index (χ4v) is 8.50. The summed E-state index contributed by atoms with van der Waals surface area (Å²) in [5.74, 6) is 0.463. The highest BCUT2D eigenvalue weighted by Gasteiger charge is 2.64. The molecule has 244 valence electrons. The number of alkyl halides is 3. The lowest BCUT2D eigenvalue weighted by Gasteiger charge is -2.51. The number of Topliss-reactive ketones (excluding diaryl/α,β-unsaturated/α-hetero) is 1. The van der Waals surface area contributed by atoms with Gasteiger partial charge in [0.15, 0.2) is 5.78 Å². The molecule has 0 aliphatic heterocycles. The number of hydrogen-bond donors (Lipinski definition) is 0. The number of allylic oxidation sites excluding steroid dienone is 7. The van der Waals surface area contributed by atoms with Crippen LogP contribution in [0.1, 0.15) is 79.2 Å². The van der Waals surface area contributed by atoms with Crippen LogP contribution in [0.3, 0.4) is 0 Å². The van der Waals surface area contributed by atoms with Crippen LogP contribution < -0.4 is 0 Å². The lowest BCUT2D eigenvalue weighted by molar-refractivity contribution is -0.277. The largest absolute Gasteiger partial charge is 0.455 e.